The number of carbonyl (C=O) groups excluding carboxylic acids is 1. The van der Waals surface area contributed by atoms with Crippen molar-refractivity contribution in [2.75, 3.05) is 6.61 Å². The van der Waals surface area contributed by atoms with E-state index in [-0.39, 0.29) is 46.1 Å². The first-order chi connectivity index (χ1) is 3.29. The van der Waals surface area contributed by atoms with Crippen molar-refractivity contribution >= 4 is 5.97 Å². The van der Waals surface area contributed by atoms with Crippen LogP contribution in [0.5, 0.6) is 0 Å². The van der Waals surface area contributed by atoms with Gasteiger partial charge in [-0.2, -0.15) is 0 Å². The standard InChI is InChI=1S/C5H8O2.CH3.Y/c1-4-2-5(6)7-3-4;;/h4H,2-3H2,1H3;1H3;/q;-1;. The molecule has 2 nitrogen and oxygen atoms in total. The zero-order valence-electron chi connectivity index (χ0n) is 5.89. The topological polar surface area (TPSA) is 26.3 Å². The van der Waals surface area contributed by atoms with E-state index in [9.17, 15) is 4.79 Å². The van der Waals surface area contributed by atoms with E-state index in [1.807, 2.05) is 6.92 Å². The first-order valence-electron chi connectivity index (χ1n) is 2.44. The van der Waals surface area contributed by atoms with Crippen LogP contribution in [0.1, 0.15) is 13.3 Å². The molecule has 0 saturated carbocycles. The first-order valence-corrected chi connectivity index (χ1v) is 2.44. The fourth-order valence-corrected chi connectivity index (χ4v) is 0.638. The van der Waals surface area contributed by atoms with Crippen LogP contribution in [0.4, 0.5) is 0 Å². The Morgan fingerprint density at radius 1 is 1.67 bits per heavy atom. The summed E-state index contributed by atoms with van der Waals surface area (Å²) in [5, 5.41) is 0. The van der Waals surface area contributed by atoms with Crippen LogP contribution in [-0.4, -0.2) is 12.6 Å². The number of ether oxygens (including phenoxy) is 1. The molecule has 0 aliphatic carbocycles. The van der Waals surface area contributed by atoms with Crippen molar-refractivity contribution in [3.8, 4) is 0 Å². The quantitative estimate of drug-likeness (QED) is 0.435. The molecular weight excluding hydrogens is 193 g/mol. The third-order valence-electron chi connectivity index (χ3n) is 1.04. The van der Waals surface area contributed by atoms with Gasteiger partial charge in [0.15, 0.2) is 0 Å². The minimum atomic E-state index is -0.0486. The van der Waals surface area contributed by atoms with Crippen LogP contribution >= 0.6 is 0 Å². The van der Waals surface area contributed by atoms with Gasteiger partial charge in [-0.1, -0.05) is 6.92 Å². The molecule has 3 heteroatoms. The molecule has 0 aromatic rings. The molecule has 1 unspecified atom stereocenters. The van der Waals surface area contributed by atoms with E-state index >= 15 is 0 Å². The molecule has 1 rings (SSSR count). The largest absolute Gasteiger partial charge is 0.465 e. The third kappa shape index (κ3) is 4.04. The van der Waals surface area contributed by atoms with Gasteiger partial charge in [0, 0.05) is 38.6 Å². The number of hydrogen-bond acceptors (Lipinski definition) is 2. The molecule has 0 aromatic heterocycles. The number of rotatable bonds is 0. The van der Waals surface area contributed by atoms with Crippen LogP contribution < -0.4 is 0 Å². The van der Waals surface area contributed by atoms with Gasteiger partial charge in [0.25, 0.3) is 0 Å². The van der Waals surface area contributed by atoms with Crippen molar-refractivity contribution in [3.63, 3.8) is 0 Å². The number of carbonyl (C=O) groups is 1. The van der Waals surface area contributed by atoms with Gasteiger partial charge >= 0.3 is 5.97 Å². The Morgan fingerprint density at radius 3 is 2.33 bits per heavy atom. The Morgan fingerprint density at radius 2 is 2.22 bits per heavy atom. The summed E-state index contributed by atoms with van der Waals surface area (Å²) in [7, 11) is 0. The fraction of sp³-hybridized carbons (Fsp3) is 0.667. The monoisotopic (exact) mass is 204 g/mol. The maximum Gasteiger partial charge on any atom is 0.306 e. The van der Waals surface area contributed by atoms with E-state index in [1.165, 1.54) is 0 Å². The minimum Gasteiger partial charge on any atom is -0.465 e. The van der Waals surface area contributed by atoms with Crippen LogP contribution in [0.25, 0.3) is 0 Å². The van der Waals surface area contributed by atoms with Crippen LogP contribution in [0, 0.1) is 13.3 Å². The average molecular weight is 204 g/mol. The molecule has 1 atom stereocenters. The molecule has 0 aromatic carbocycles. The normalized spacial score (nSPS) is 23.7. The van der Waals surface area contributed by atoms with Gasteiger partial charge in [-0.25, -0.2) is 0 Å². The second-order valence-corrected chi connectivity index (χ2v) is 1.99. The summed E-state index contributed by atoms with van der Waals surface area (Å²) in [4.78, 5) is 10.2. The van der Waals surface area contributed by atoms with Gasteiger partial charge in [-0.3, -0.25) is 4.79 Å². The summed E-state index contributed by atoms with van der Waals surface area (Å²) >= 11 is 0. The molecule has 0 bridgehead atoms. The summed E-state index contributed by atoms with van der Waals surface area (Å²) in [6, 6.07) is 0. The summed E-state index contributed by atoms with van der Waals surface area (Å²) < 4.78 is 4.63. The van der Waals surface area contributed by atoms with E-state index in [0.29, 0.717) is 18.9 Å². The molecule has 0 spiro atoms. The molecule has 1 radical (unpaired) electrons. The molecule has 1 saturated heterocycles. The van der Waals surface area contributed by atoms with Crippen molar-refractivity contribution in [2.45, 2.75) is 13.3 Å². The first kappa shape index (κ1) is 12.3. The second kappa shape index (κ2) is 5.37. The molecule has 1 heterocycles. The van der Waals surface area contributed by atoms with Crippen molar-refractivity contribution in [1.82, 2.24) is 0 Å². The van der Waals surface area contributed by atoms with Crippen molar-refractivity contribution in [1.29, 1.82) is 0 Å². The van der Waals surface area contributed by atoms with E-state index < -0.39 is 0 Å². The maximum atomic E-state index is 10.2. The Bertz CT molecular complexity index is 93.1. The van der Waals surface area contributed by atoms with Gasteiger partial charge < -0.3 is 12.2 Å². The third-order valence-corrected chi connectivity index (χ3v) is 1.04. The SMILES string of the molecule is CC1COC(=O)C1.[CH3-].[Y]. The van der Waals surface area contributed by atoms with Gasteiger partial charge in [-0.15, -0.1) is 0 Å². The van der Waals surface area contributed by atoms with Crippen LogP contribution in [0.3, 0.4) is 0 Å². The second-order valence-electron chi connectivity index (χ2n) is 1.99. The average Bonchev–Trinajstić information content (AvgIpc) is 1.87. The van der Waals surface area contributed by atoms with Crippen LogP contribution in [0.15, 0.2) is 0 Å². The van der Waals surface area contributed by atoms with Crippen molar-refractivity contribution in [3.05, 3.63) is 7.43 Å². The van der Waals surface area contributed by atoms with Gasteiger partial charge in [0.1, 0.15) is 0 Å². The van der Waals surface area contributed by atoms with Crippen LogP contribution in [-0.2, 0) is 42.2 Å². The maximum absolute atomic E-state index is 10.2. The van der Waals surface area contributed by atoms with Crippen LogP contribution in [0.2, 0.25) is 0 Å². The van der Waals surface area contributed by atoms with Gasteiger partial charge in [-0.05, 0) is 0 Å². The minimum absolute atomic E-state index is 0. The van der Waals surface area contributed by atoms with Gasteiger partial charge in [0.05, 0.1) is 13.0 Å². The predicted molar refractivity (Wildman–Crippen MR) is 31.2 cm³/mol. The molecule has 9 heavy (non-hydrogen) atoms. The predicted octanol–water partition coefficient (Wildman–Crippen LogP) is 1.02. The summed E-state index contributed by atoms with van der Waals surface area (Å²) in [6.45, 7) is 2.63. The van der Waals surface area contributed by atoms with E-state index in [1.54, 1.807) is 0 Å². The number of hydrogen-bond donors (Lipinski definition) is 0. The molecule has 0 amide bonds. The van der Waals surface area contributed by atoms with Crippen molar-refractivity contribution in [2.24, 2.45) is 5.92 Å². The van der Waals surface area contributed by atoms with E-state index in [0.717, 1.165) is 0 Å². The molecule has 1 aliphatic heterocycles. The molecule has 1 aliphatic rings. The summed E-state index contributed by atoms with van der Waals surface area (Å²) in [5.41, 5.74) is 0. The molecular formula is C6H11O2Y-. The Hall–Kier alpha value is 0.574. The van der Waals surface area contributed by atoms with Crippen molar-refractivity contribution < 1.29 is 42.2 Å². The van der Waals surface area contributed by atoms with E-state index in [2.05, 4.69) is 4.74 Å². The summed E-state index contributed by atoms with van der Waals surface area (Å²) in [6.07, 6.45) is 0.611. The number of esters is 1. The molecule has 51 valence electrons. The molecule has 1 fully saturated rings. The molecule has 0 N–H and O–H groups in total. The zero-order valence-corrected chi connectivity index (χ0v) is 8.72. The Kier molecular flexibility index (Phi) is 7.31. The fourth-order valence-electron chi connectivity index (χ4n) is 0.638. The Balaban J connectivity index is 0. The number of cyclic esters (lactones) is 1. The summed E-state index contributed by atoms with van der Waals surface area (Å²) in [5.74, 6) is 0.403. The Labute approximate surface area is 81.2 Å². The van der Waals surface area contributed by atoms with E-state index in [4.69, 9.17) is 0 Å². The zero-order chi connectivity index (χ0) is 5.28. The van der Waals surface area contributed by atoms with Gasteiger partial charge in [0.2, 0.25) is 0 Å². The smallest absolute Gasteiger partial charge is 0.306 e.